The molecule has 0 radical (unpaired) electrons. The summed E-state index contributed by atoms with van der Waals surface area (Å²) < 4.78 is 48.6. The number of methoxy groups -OCH3 is 1. The zero-order chi connectivity index (χ0) is 15.1. The van der Waals surface area contributed by atoms with Crippen LogP contribution in [0.3, 0.4) is 0 Å². The molecule has 0 aliphatic heterocycles. The van der Waals surface area contributed by atoms with Gasteiger partial charge in [0.25, 0.3) is 5.92 Å². The third-order valence-corrected chi connectivity index (χ3v) is 4.45. The van der Waals surface area contributed by atoms with Crippen LogP contribution in [0.25, 0.3) is 0 Å². The van der Waals surface area contributed by atoms with Gasteiger partial charge in [-0.1, -0.05) is 12.1 Å². The first kappa shape index (κ1) is 15.1. The summed E-state index contributed by atoms with van der Waals surface area (Å²) in [4.78, 5) is 0. The average Bonchev–Trinajstić information content (AvgIpc) is 2.59. The van der Waals surface area contributed by atoms with E-state index in [1.54, 1.807) is 39.0 Å². The Kier molecular flexibility index (Phi) is 3.71. The maximum Gasteiger partial charge on any atom is 0.295 e. The van der Waals surface area contributed by atoms with E-state index in [4.69, 9.17) is 4.74 Å². The van der Waals surface area contributed by atoms with Crippen molar-refractivity contribution in [3.8, 4) is 5.75 Å². The second kappa shape index (κ2) is 4.91. The van der Waals surface area contributed by atoms with Crippen molar-refractivity contribution in [1.82, 2.24) is 0 Å². The van der Waals surface area contributed by atoms with Crippen LogP contribution in [0.2, 0.25) is 0 Å². The third-order valence-electron chi connectivity index (χ3n) is 3.05. The van der Waals surface area contributed by atoms with Gasteiger partial charge in [-0.15, -0.1) is 0 Å². The van der Waals surface area contributed by atoms with Gasteiger partial charge in [-0.3, -0.25) is 0 Å². The molecule has 1 atom stereocenters. The Morgan fingerprint density at radius 3 is 2.55 bits per heavy atom. The fourth-order valence-corrected chi connectivity index (χ4v) is 2.67. The number of halogens is 2. The SMILES string of the molecule is COc1cccc2c1CC(F)(F)/C2=N/[S@](=O)C(C)(C)C. The van der Waals surface area contributed by atoms with Gasteiger partial charge in [-0.05, 0) is 26.8 Å². The van der Waals surface area contributed by atoms with E-state index in [1.807, 2.05) is 0 Å². The summed E-state index contributed by atoms with van der Waals surface area (Å²) in [6, 6.07) is 4.84. The van der Waals surface area contributed by atoms with Gasteiger partial charge in [0.05, 0.1) is 11.9 Å². The predicted octanol–water partition coefficient (Wildman–Crippen LogP) is 3.14. The number of benzene rings is 1. The van der Waals surface area contributed by atoms with E-state index < -0.39 is 33.8 Å². The van der Waals surface area contributed by atoms with Crippen LogP contribution in [0.1, 0.15) is 31.9 Å². The summed E-state index contributed by atoms with van der Waals surface area (Å²) in [6.07, 6.45) is -0.466. The van der Waals surface area contributed by atoms with Crippen LogP contribution >= 0.6 is 0 Å². The molecule has 1 aromatic carbocycles. The maximum absolute atomic E-state index is 14.1. The highest BCUT2D eigenvalue weighted by Gasteiger charge is 2.46. The first-order valence-electron chi connectivity index (χ1n) is 6.22. The molecule has 1 aromatic rings. The molecule has 2 rings (SSSR count). The van der Waals surface area contributed by atoms with E-state index in [9.17, 15) is 13.0 Å². The molecule has 0 saturated carbocycles. The number of hydrogen-bond donors (Lipinski definition) is 0. The molecule has 0 amide bonds. The van der Waals surface area contributed by atoms with Crippen molar-refractivity contribution in [3.05, 3.63) is 29.3 Å². The highest BCUT2D eigenvalue weighted by atomic mass is 32.2. The van der Waals surface area contributed by atoms with Crippen LogP contribution in [-0.2, 0) is 17.4 Å². The number of alkyl halides is 2. The van der Waals surface area contributed by atoms with Crippen molar-refractivity contribution in [3.63, 3.8) is 0 Å². The van der Waals surface area contributed by atoms with Gasteiger partial charge < -0.3 is 4.74 Å². The second-order valence-corrected chi connectivity index (χ2v) is 7.57. The van der Waals surface area contributed by atoms with Crippen molar-refractivity contribution in [2.45, 2.75) is 37.9 Å². The Hall–Kier alpha value is -1.30. The van der Waals surface area contributed by atoms with Crippen molar-refractivity contribution in [2.24, 2.45) is 4.40 Å². The summed E-state index contributed by atoms with van der Waals surface area (Å²) in [7, 11) is -0.282. The molecule has 20 heavy (non-hydrogen) atoms. The van der Waals surface area contributed by atoms with Crippen LogP contribution in [0.15, 0.2) is 22.6 Å². The minimum Gasteiger partial charge on any atom is -0.496 e. The first-order valence-corrected chi connectivity index (χ1v) is 7.33. The Bertz CT molecular complexity index is 591. The Balaban J connectivity index is 2.56. The van der Waals surface area contributed by atoms with Crippen LogP contribution in [0.4, 0.5) is 8.78 Å². The van der Waals surface area contributed by atoms with E-state index in [1.165, 1.54) is 7.11 Å². The molecule has 0 aromatic heterocycles. The molecular weight excluding hydrogens is 284 g/mol. The van der Waals surface area contributed by atoms with Crippen LogP contribution in [0.5, 0.6) is 5.75 Å². The zero-order valence-electron chi connectivity index (χ0n) is 11.9. The summed E-state index contributed by atoms with van der Waals surface area (Å²) in [5.41, 5.74) is 0.344. The molecule has 1 aliphatic carbocycles. The number of hydrogen-bond acceptors (Lipinski definition) is 2. The molecule has 0 fully saturated rings. The van der Waals surface area contributed by atoms with E-state index in [0.717, 1.165) is 0 Å². The highest BCUT2D eigenvalue weighted by molar-refractivity contribution is 7.85. The fourth-order valence-electron chi connectivity index (χ4n) is 2.00. The zero-order valence-corrected chi connectivity index (χ0v) is 12.7. The standard InChI is InChI=1S/C14H17F2NO2S/c1-13(2,3)20(18)17-12-9-6-5-7-11(19-4)10(9)8-14(12,15)16/h5-7H,8H2,1-4H3/b17-12+/t20-/m1/s1. The van der Waals surface area contributed by atoms with Gasteiger partial charge in [0.1, 0.15) is 22.4 Å². The molecule has 110 valence electrons. The second-order valence-electron chi connectivity index (χ2n) is 5.67. The number of ether oxygens (including phenoxy) is 1. The molecule has 0 bridgehead atoms. The summed E-state index contributed by atoms with van der Waals surface area (Å²) in [5, 5.41) is 0. The number of nitrogens with zero attached hydrogens (tertiary/aromatic N) is 1. The minimum absolute atomic E-state index is 0.326. The average molecular weight is 301 g/mol. The van der Waals surface area contributed by atoms with Crippen LogP contribution in [-0.4, -0.2) is 27.7 Å². The van der Waals surface area contributed by atoms with Crippen molar-refractivity contribution in [1.29, 1.82) is 0 Å². The van der Waals surface area contributed by atoms with Crippen molar-refractivity contribution in [2.75, 3.05) is 7.11 Å². The maximum atomic E-state index is 14.1. The third kappa shape index (κ3) is 2.61. The molecule has 3 nitrogen and oxygen atoms in total. The van der Waals surface area contributed by atoms with Gasteiger partial charge in [-0.25, -0.2) is 4.21 Å². The minimum atomic E-state index is -3.11. The highest BCUT2D eigenvalue weighted by Crippen LogP contribution is 2.40. The lowest BCUT2D eigenvalue weighted by atomic mass is 10.1. The molecule has 0 heterocycles. The number of rotatable bonds is 2. The Labute approximate surface area is 119 Å². The van der Waals surface area contributed by atoms with Gasteiger partial charge in [0.15, 0.2) is 0 Å². The van der Waals surface area contributed by atoms with Crippen molar-refractivity contribution >= 4 is 16.7 Å². The predicted molar refractivity (Wildman–Crippen MR) is 76.1 cm³/mol. The van der Waals surface area contributed by atoms with Gasteiger partial charge >= 0.3 is 0 Å². The van der Waals surface area contributed by atoms with E-state index in [0.29, 0.717) is 16.9 Å². The molecule has 0 unspecified atom stereocenters. The van der Waals surface area contributed by atoms with Crippen LogP contribution in [0, 0.1) is 0 Å². The van der Waals surface area contributed by atoms with Crippen LogP contribution < -0.4 is 4.74 Å². The largest absolute Gasteiger partial charge is 0.496 e. The Morgan fingerprint density at radius 2 is 2.00 bits per heavy atom. The lowest BCUT2D eigenvalue weighted by Crippen LogP contribution is -2.28. The molecule has 1 aliphatic rings. The topological polar surface area (TPSA) is 38.7 Å². The van der Waals surface area contributed by atoms with Gasteiger partial charge in [-0.2, -0.15) is 13.2 Å². The smallest absolute Gasteiger partial charge is 0.295 e. The van der Waals surface area contributed by atoms with E-state index in [-0.39, 0.29) is 0 Å². The summed E-state index contributed by atoms with van der Waals surface area (Å²) in [5.74, 6) is -2.70. The summed E-state index contributed by atoms with van der Waals surface area (Å²) >= 11 is 0. The molecular formula is C14H17F2NO2S. The number of fused-ring (bicyclic) bond motifs is 1. The molecule has 0 saturated heterocycles. The first-order chi connectivity index (χ1) is 9.16. The molecule has 6 heteroatoms. The summed E-state index contributed by atoms with van der Waals surface area (Å²) in [6.45, 7) is 5.10. The fraction of sp³-hybridized carbons (Fsp3) is 0.500. The lowest BCUT2D eigenvalue weighted by molar-refractivity contribution is 0.0847. The quantitative estimate of drug-likeness (QED) is 0.842. The van der Waals surface area contributed by atoms with Gasteiger partial charge in [0, 0.05) is 17.5 Å². The normalized spacial score (nSPS) is 20.8. The molecule has 0 spiro atoms. The monoisotopic (exact) mass is 301 g/mol. The van der Waals surface area contributed by atoms with E-state index in [2.05, 4.69) is 4.40 Å². The molecule has 0 N–H and O–H groups in total. The van der Waals surface area contributed by atoms with Gasteiger partial charge in [0.2, 0.25) is 0 Å². The van der Waals surface area contributed by atoms with Crippen molar-refractivity contribution < 1.29 is 17.7 Å². The Morgan fingerprint density at radius 1 is 1.35 bits per heavy atom. The lowest BCUT2D eigenvalue weighted by Gasteiger charge is -2.16. The van der Waals surface area contributed by atoms with E-state index >= 15 is 0 Å².